The Hall–Kier alpha value is -0.930. The van der Waals surface area contributed by atoms with Crippen molar-refractivity contribution in [3.8, 4) is 5.75 Å². The molecule has 1 aromatic carbocycles. The van der Waals surface area contributed by atoms with E-state index in [-0.39, 0.29) is 12.7 Å². The van der Waals surface area contributed by atoms with Crippen molar-refractivity contribution in [3.05, 3.63) is 28.2 Å². The Labute approximate surface area is 111 Å². The Balaban J connectivity index is 2.47. The second-order valence-corrected chi connectivity index (χ2v) is 4.42. The molecule has 0 saturated heterocycles. The van der Waals surface area contributed by atoms with Gasteiger partial charge in [-0.15, -0.1) is 0 Å². The van der Waals surface area contributed by atoms with Crippen molar-refractivity contribution in [2.75, 3.05) is 6.61 Å². The van der Waals surface area contributed by atoms with Crippen LogP contribution in [0, 0.1) is 0 Å². The highest BCUT2D eigenvalue weighted by molar-refractivity contribution is 6.35. The highest BCUT2D eigenvalue weighted by Crippen LogP contribution is 2.27. The standard InChI is InChI=1S/C12H14Cl2O3/c1-3-8(2)17-12(15)7-16-11-5-4-9(13)6-10(11)14/h4-6,8H,3,7H2,1-2H3/t8-/m0/s1. The molecule has 0 aliphatic rings. The molecule has 0 heterocycles. The molecule has 0 radical (unpaired) electrons. The van der Waals surface area contributed by atoms with E-state index in [0.29, 0.717) is 15.8 Å². The predicted molar refractivity (Wildman–Crippen MR) is 67.8 cm³/mol. The van der Waals surface area contributed by atoms with Crippen LogP contribution in [0.5, 0.6) is 5.75 Å². The maximum atomic E-state index is 11.3. The fraction of sp³-hybridized carbons (Fsp3) is 0.417. The SMILES string of the molecule is CC[C@H](C)OC(=O)COc1ccc(Cl)cc1Cl. The second-order valence-electron chi connectivity index (χ2n) is 3.57. The minimum Gasteiger partial charge on any atom is -0.480 e. The quantitative estimate of drug-likeness (QED) is 0.769. The molecule has 0 aromatic heterocycles. The zero-order chi connectivity index (χ0) is 12.8. The number of hydrogen-bond acceptors (Lipinski definition) is 3. The third kappa shape index (κ3) is 4.84. The van der Waals surface area contributed by atoms with Crippen molar-refractivity contribution in [2.24, 2.45) is 0 Å². The minimum atomic E-state index is -0.412. The van der Waals surface area contributed by atoms with Gasteiger partial charge in [0, 0.05) is 5.02 Å². The molecule has 5 heteroatoms. The van der Waals surface area contributed by atoms with Crippen molar-refractivity contribution in [1.82, 2.24) is 0 Å². The largest absolute Gasteiger partial charge is 0.480 e. The number of ether oxygens (including phenoxy) is 2. The number of hydrogen-bond donors (Lipinski definition) is 0. The van der Waals surface area contributed by atoms with Crippen LogP contribution in [0.2, 0.25) is 10.0 Å². The number of benzene rings is 1. The van der Waals surface area contributed by atoms with Crippen LogP contribution in [-0.4, -0.2) is 18.7 Å². The zero-order valence-electron chi connectivity index (χ0n) is 9.70. The first-order chi connectivity index (χ1) is 8.02. The smallest absolute Gasteiger partial charge is 0.344 e. The minimum absolute atomic E-state index is 0.105. The van der Waals surface area contributed by atoms with E-state index >= 15 is 0 Å². The Morgan fingerprint density at radius 3 is 2.71 bits per heavy atom. The summed E-state index contributed by atoms with van der Waals surface area (Å²) in [7, 11) is 0. The summed E-state index contributed by atoms with van der Waals surface area (Å²) in [5.41, 5.74) is 0. The van der Waals surface area contributed by atoms with Crippen molar-refractivity contribution in [1.29, 1.82) is 0 Å². The van der Waals surface area contributed by atoms with Crippen LogP contribution in [-0.2, 0) is 9.53 Å². The molecule has 0 unspecified atom stereocenters. The van der Waals surface area contributed by atoms with Gasteiger partial charge in [0.25, 0.3) is 0 Å². The fourth-order valence-corrected chi connectivity index (χ4v) is 1.53. The molecular weight excluding hydrogens is 263 g/mol. The van der Waals surface area contributed by atoms with Crippen LogP contribution >= 0.6 is 23.2 Å². The van der Waals surface area contributed by atoms with Crippen LogP contribution in [0.15, 0.2) is 18.2 Å². The molecule has 0 spiro atoms. The monoisotopic (exact) mass is 276 g/mol. The van der Waals surface area contributed by atoms with Crippen molar-refractivity contribution < 1.29 is 14.3 Å². The van der Waals surface area contributed by atoms with Gasteiger partial charge < -0.3 is 9.47 Å². The van der Waals surface area contributed by atoms with Crippen LogP contribution < -0.4 is 4.74 Å². The van der Waals surface area contributed by atoms with E-state index in [4.69, 9.17) is 32.7 Å². The molecule has 0 saturated carbocycles. The first-order valence-corrected chi connectivity index (χ1v) is 6.05. The van der Waals surface area contributed by atoms with Crippen LogP contribution in [0.4, 0.5) is 0 Å². The molecular formula is C12H14Cl2O3. The molecule has 0 bridgehead atoms. The molecule has 1 aromatic rings. The van der Waals surface area contributed by atoms with Gasteiger partial charge in [0.05, 0.1) is 11.1 Å². The predicted octanol–water partition coefficient (Wildman–Crippen LogP) is 3.71. The molecule has 1 rings (SSSR count). The highest BCUT2D eigenvalue weighted by Gasteiger charge is 2.10. The summed E-state index contributed by atoms with van der Waals surface area (Å²) < 4.78 is 10.3. The van der Waals surface area contributed by atoms with E-state index in [0.717, 1.165) is 6.42 Å². The van der Waals surface area contributed by atoms with E-state index in [1.54, 1.807) is 18.2 Å². The number of rotatable bonds is 5. The number of carbonyl (C=O) groups excluding carboxylic acids is 1. The van der Waals surface area contributed by atoms with E-state index < -0.39 is 5.97 Å². The normalized spacial score (nSPS) is 12.0. The molecule has 0 N–H and O–H groups in total. The number of halogens is 2. The summed E-state index contributed by atoms with van der Waals surface area (Å²) in [6, 6.07) is 4.81. The van der Waals surface area contributed by atoms with Gasteiger partial charge in [0.2, 0.25) is 0 Å². The van der Waals surface area contributed by atoms with E-state index in [9.17, 15) is 4.79 Å². The van der Waals surface area contributed by atoms with Crippen LogP contribution in [0.25, 0.3) is 0 Å². The fourth-order valence-electron chi connectivity index (χ4n) is 1.07. The topological polar surface area (TPSA) is 35.5 Å². The van der Waals surface area contributed by atoms with Gasteiger partial charge in [-0.1, -0.05) is 30.1 Å². The zero-order valence-corrected chi connectivity index (χ0v) is 11.2. The lowest BCUT2D eigenvalue weighted by Gasteiger charge is -2.12. The third-order valence-corrected chi connectivity index (χ3v) is 2.68. The van der Waals surface area contributed by atoms with Crippen molar-refractivity contribution >= 4 is 29.2 Å². The van der Waals surface area contributed by atoms with Gasteiger partial charge in [0.1, 0.15) is 5.75 Å². The maximum absolute atomic E-state index is 11.3. The maximum Gasteiger partial charge on any atom is 0.344 e. The van der Waals surface area contributed by atoms with Gasteiger partial charge in [-0.2, -0.15) is 0 Å². The van der Waals surface area contributed by atoms with Crippen LogP contribution in [0.1, 0.15) is 20.3 Å². The average Bonchev–Trinajstić information content (AvgIpc) is 2.27. The number of esters is 1. The van der Waals surface area contributed by atoms with Crippen LogP contribution in [0.3, 0.4) is 0 Å². The molecule has 0 aliphatic carbocycles. The Morgan fingerprint density at radius 1 is 1.41 bits per heavy atom. The molecule has 0 fully saturated rings. The summed E-state index contributed by atoms with van der Waals surface area (Å²) in [6.07, 6.45) is 0.666. The summed E-state index contributed by atoms with van der Waals surface area (Å²) in [4.78, 5) is 11.3. The summed E-state index contributed by atoms with van der Waals surface area (Å²) in [5, 5.41) is 0.887. The Morgan fingerprint density at radius 2 is 2.12 bits per heavy atom. The Kier molecular flexibility index (Phi) is 5.59. The third-order valence-electron chi connectivity index (χ3n) is 2.15. The van der Waals surface area contributed by atoms with E-state index in [1.165, 1.54) is 0 Å². The van der Waals surface area contributed by atoms with Crippen molar-refractivity contribution in [3.63, 3.8) is 0 Å². The molecule has 3 nitrogen and oxygen atoms in total. The molecule has 17 heavy (non-hydrogen) atoms. The molecule has 0 aliphatic heterocycles. The molecule has 0 amide bonds. The van der Waals surface area contributed by atoms with Gasteiger partial charge in [-0.3, -0.25) is 0 Å². The lowest BCUT2D eigenvalue weighted by Crippen LogP contribution is -2.20. The first kappa shape index (κ1) is 14.1. The van der Waals surface area contributed by atoms with E-state index in [2.05, 4.69) is 0 Å². The summed E-state index contributed by atoms with van der Waals surface area (Å²) in [6.45, 7) is 3.60. The lowest BCUT2D eigenvalue weighted by atomic mass is 10.3. The van der Waals surface area contributed by atoms with Crippen molar-refractivity contribution in [2.45, 2.75) is 26.4 Å². The van der Waals surface area contributed by atoms with Gasteiger partial charge >= 0.3 is 5.97 Å². The molecule has 1 atom stereocenters. The van der Waals surface area contributed by atoms with E-state index in [1.807, 2.05) is 13.8 Å². The van der Waals surface area contributed by atoms with Gasteiger partial charge in [-0.05, 0) is 31.5 Å². The number of carbonyl (C=O) groups is 1. The summed E-state index contributed by atoms with van der Waals surface area (Å²) >= 11 is 11.6. The van der Waals surface area contributed by atoms with Gasteiger partial charge in [0.15, 0.2) is 6.61 Å². The second kappa shape index (κ2) is 6.72. The van der Waals surface area contributed by atoms with Gasteiger partial charge in [-0.25, -0.2) is 4.79 Å². The highest BCUT2D eigenvalue weighted by atomic mass is 35.5. The molecule has 94 valence electrons. The average molecular weight is 277 g/mol. The lowest BCUT2D eigenvalue weighted by molar-refractivity contribution is -0.150. The summed E-state index contributed by atoms with van der Waals surface area (Å²) in [5.74, 6) is 0.00235. The Bertz CT molecular complexity index is 393. The first-order valence-electron chi connectivity index (χ1n) is 5.30.